The molecule has 3 nitrogen and oxygen atoms in total. The van der Waals surface area contributed by atoms with E-state index in [1.165, 1.54) is 3.57 Å². The highest BCUT2D eigenvalue weighted by atomic mass is 127. The lowest BCUT2D eigenvalue weighted by atomic mass is 10.2. The van der Waals surface area contributed by atoms with Gasteiger partial charge in [0.2, 0.25) is 0 Å². The van der Waals surface area contributed by atoms with E-state index in [1.807, 2.05) is 25.8 Å². The van der Waals surface area contributed by atoms with Gasteiger partial charge in [0.25, 0.3) is 0 Å². The molecular weight excluding hydrogens is 327 g/mol. The van der Waals surface area contributed by atoms with Gasteiger partial charge < -0.3 is 9.80 Å². The lowest BCUT2D eigenvalue weighted by Crippen LogP contribution is -2.40. The van der Waals surface area contributed by atoms with Gasteiger partial charge >= 0.3 is 6.03 Å². The second kappa shape index (κ2) is 6.83. The number of benzene rings is 1. The Bertz CT molecular complexity index is 360. The van der Waals surface area contributed by atoms with Crippen LogP contribution >= 0.6 is 22.6 Å². The number of carbonyl (C=O) groups is 1. The van der Waals surface area contributed by atoms with Crippen molar-refractivity contribution in [3.05, 3.63) is 33.4 Å². The largest absolute Gasteiger partial charge is 0.325 e. The van der Waals surface area contributed by atoms with Gasteiger partial charge in [0.05, 0.1) is 0 Å². The Kier molecular flexibility index (Phi) is 5.74. The van der Waals surface area contributed by atoms with Crippen molar-refractivity contribution in [3.8, 4) is 0 Å². The fraction of sp³-hybridized carbons (Fsp3) is 0.462. The van der Waals surface area contributed by atoms with Gasteiger partial charge in [0.1, 0.15) is 0 Å². The van der Waals surface area contributed by atoms with Crippen molar-refractivity contribution < 1.29 is 4.79 Å². The second-order valence-corrected chi connectivity index (χ2v) is 5.18. The van der Waals surface area contributed by atoms with Crippen LogP contribution in [0, 0.1) is 3.57 Å². The molecule has 1 aromatic rings. The molecule has 0 aliphatic heterocycles. The normalized spacial score (nSPS) is 10.1. The lowest BCUT2D eigenvalue weighted by Gasteiger charge is -2.26. The summed E-state index contributed by atoms with van der Waals surface area (Å²) in [5, 5.41) is 0. The van der Waals surface area contributed by atoms with Crippen molar-refractivity contribution in [2.75, 3.05) is 20.1 Å². The monoisotopic (exact) mass is 346 g/mol. The summed E-state index contributed by atoms with van der Waals surface area (Å²) in [5.41, 5.74) is 1.16. The number of urea groups is 1. The van der Waals surface area contributed by atoms with Gasteiger partial charge in [0.15, 0.2) is 0 Å². The second-order valence-electron chi connectivity index (χ2n) is 3.94. The zero-order valence-electron chi connectivity index (χ0n) is 10.6. The SMILES string of the molecule is CCN(CC)C(=O)N(C)Cc1ccc(I)cc1. The number of hydrogen-bond acceptors (Lipinski definition) is 1. The summed E-state index contributed by atoms with van der Waals surface area (Å²) in [5.74, 6) is 0. The number of nitrogens with zero attached hydrogens (tertiary/aromatic N) is 2. The lowest BCUT2D eigenvalue weighted by molar-refractivity contribution is 0.165. The summed E-state index contributed by atoms with van der Waals surface area (Å²) >= 11 is 2.28. The van der Waals surface area contributed by atoms with Crippen LogP contribution in [0.25, 0.3) is 0 Å². The quantitative estimate of drug-likeness (QED) is 0.768. The van der Waals surface area contributed by atoms with E-state index in [0.717, 1.165) is 18.7 Å². The number of halogens is 1. The maximum Gasteiger partial charge on any atom is 0.320 e. The third kappa shape index (κ3) is 4.18. The van der Waals surface area contributed by atoms with Crippen LogP contribution in [0.5, 0.6) is 0 Å². The molecule has 0 N–H and O–H groups in total. The summed E-state index contributed by atoms with van der Waals surface area (Å²) in [6, 6.07) is 8.34. The molecule has 0 saturated carbocycles. The maximum atomic E-state index is 12.0. The zero-order valence-corrected chi connectivity index (χ0v) is 12.8. The summed E-state index contributed by atoms with van der Waals surface area (Å²) in [4.78, 5) is 15.6. The molecule has 0 fully saturated rings. The van der Waals surface area contributed by atoms with Gasteiger partial charge in [-0.25, -0.2) is 4.79 Å². The third-order valence-electron chi connectivity index (χ3n) is 2.69. The van der Waals surface area contributed by atoms with Crippen LogP contribution in [0.3, 0.4) is 0 Å². The molecule has 1 rings (SSSR count). The fourth-order valence-electron chi connectivity index (χ4n) is 1.67. The minimum Gasteiger partial charge on any atom is -0.325 e. The van der Waals surface area contributed by atoms with E-state index in [9.17, 15) is 4.79 Å². The van der Waals surface area contributed by atoms with E-state index < -0.39 is 0 Å². The Labute approximate surface area is 117 Å². The molecule has 0 radical (unpaired) electrons. The van der Waals surface area contributed by atoms with Crippen LogP contribution in [0.1, 0.15) is 19.4 Å². The van der Waals surface area contributed by atoms with Crippen LogP contribution in [-0.2, 0) is 6.54 Å². The molecule has 2 amide bonds. The smallest absolute Gasteiger partial charge is 0.320 e. The highest BCUT2D eigenvalue weighted by Gasteiger charge is 2.14. The first-order valence-corrected chi connectivity index (χ1v) is 6.90. The van der Waals surface area contributed by atoms with E-state index >= 15 is 0 Å². The number of rotatable bonds is 4. The Morgan fingerprint density at radius 1 is 1.18 bits per heavy atom. The first kappa shape index (κ1) is 14.3. The standard InChI is InChI=1S/C13H19IN2O/c1-4-16(5-2)13(17)15(3)10-11-6-8-12(14)9-7-11/h6-9H,4-5,10H2,1-3H3. The molecule has 94 valence electrons. The zero-order chi connectivity index (χ0) is 12.8. The van der Waals surface area contributed by atoms with Crippen molar-refractivity contribution >= 4 is 28.6 Å². The fourth-order valence-corrected chi connectivity index (χ4v) is 2.03. The van der Waals surface area contributed by atoms with Gasteiger partial charge in [0, 0.05) is 30.3 Å². The Morgan fingerprint density at radius 3 is 2.18 bits per heavy atom. The van der Waals surface area contributed by atoms with Gasteiger partial charge in [-0.15, -0.1) is 0 Å². The Morgan fingerprint density at radius 2 is 1.71 bits per heavy atom. The minimum atomic E-state index is 0.0913. The topological polar surface area (TPSA) is 23.6 Å². The maximum absolute atomic E-state index is 12.0. The van der Waals surface area contributed by atoms with Crippen LogP contribution in [0.2, 0.25) is 0 Å². The van der Waals surface area contributed by atoms with E-state index in [-0.39, 0.29) is 6.03 Å². The van der Waals surface area contributed by atoms with Crippen molar-refractivity contribution in [1.29, 1.82) is 0 Å². The molecule has 0 aliphatic rings. The third-order valence-corrected chi connectivity index (χ3v) is 3.41. The Balaban J connectivity index is 2.62. The average molecular weight is 346 g/mol. The van der Waals surface area contributed by atoms with E-state index in [2.05, 4.69) is 46.9 Å². The van der Waals surface area contributed by atoms with E-state index in [1.54, 1.807) is 4.90 Å². The molecular formula is C13H19IN2O. The van der Waals surface area contributed by atoms with Gasteiger partial charge in [-0.2, -0.15) is 0 Å². The molecule has 0 atom stereocenters. The molecule has 0 spiro atoms. The number of carbonyl (C=O) groups excluding carboxylic acids is 1. The average Bonchev–Trinajstić information content (AvgIpc) is 2.33. The molecule has 0 bridgehead atoms. The van der Waals surface area contributed by atoms with E-state index in [0.29, 0.717) is 6.54 Å². The highest BCUT2D eigenvalue weighted by Crippen LogP contribution is 2.09. The van der Waals surface area contributed by atoms with Crippen LogP contribution < -0.4 is 0 Å². The molecule has 0 aliphatic carbocycles. The predicted octanol–water partition coefficient (Wildman–Crippen LogP) is 3.18. The van der Waals surface area contributed by atoms with Crippen LogP contribution in [-0.4, -0.2) is 36.0 Å². The summed E-state index contributed by atoms with van der Waals surface area (Å²) in [6.45, 7) is 6.17. The molecule has 17 heavy (non-hydrogen) atoms. The summed E-state index contributed by atoms with van der Waals surface area (Å²) in [6.07, 6.45) is 0. The molecule has 0 saturated heterocycles. The van der Waals surface area contributed by atoms with Gasteiger partial charge in [-0.3, -0.25) is 0 Å². The van der Waals surface area contributed by atoms with Gasteiger partial charge in [-0.05, 0) is 54.1 Å². The highest BCUT2D eigenvalue weighted by molar-refractivity contribution is 14.1. The molecule has 0 unspecified atom stereocenters. The van der Waals surface area contributed by atoms with Crippen molar-refractivity contribution in [2.24, 2.45) is 0 Å². The van der Waals surface area contributed by atoms with Crippen LogP contribution in [0.4, 0.5) is 4.79 Å². The van der Waals surface area contributed by atoms with E-state index in [4.69, 9.17) is 0 Å². The number of hydrogen-bond donors (Lipinski definition) is 0. The molecule has 1 aromatic carbocycles. The molecule has 4 heteroatoms. The first-order chi connectivity index (χ1) is 8.08. The number of amides is 2. The molecule has 0 aromatic heterocycles. The van der Waals surface area contributed by atoms with Crippen LogP contribution in [0.15, 0.2) is 24.3 Å². The van der Waals surface area contributed by atoms with Crippen molar-refractivity contribution in [3.63, 3.8) is 0 Å². The Hall–Kier alpha value is -0.780. The minimum absolute atomic E-state index is 0.0913. The van der Waals surface area contributed by atoms with Crippen molar-refractivity contribution in [2.45, 2.75) is 20.4 Å². The van der Waals surface area contributed by atoms with Gasteiger partial charge in [-0.1, -0.05) is 12.1 Å². The first-order valence-electron chi connectivity index (χ1n) is 5.83. The predicted molar refractivity (Wildman–Crippen MR) is 78.9 cm³/mol. The molecule has 0 heterocycles. The van der Waals surface area contributed by atoms with Crippen molar-refractivity contribution in [1.82, 2.24) is 9.80 Å². The summed E-state index contributed by atoms with van der Waals surface area (Å²) in [7, 11) is 1.85. The summed E-state index contributed by atoms with van der Waals surface area (Å²) < 4.78 is 1.21.